The molecule has 1 aromatic heterocycles. The van der Waals surface area contributed by atoms with Crippen molar-refractivity contribution in [1.29, 1.82) is 0 Å². The lowest BCUT2D eigenvalue weighted by atomic mass is 10.2. The van der Waals surface area contributed by atoms with Crippen molar-refractivity contribution in [2.24, 2.45) is 0 Å². The van der Waals surface area contributed by atoms with Crippen molar-refractivity contribution in [1.82, 2.24) is 19.6 Å². The maximum absolute atomic E-state index is 12.9. The van der Waals surface area contributed by atoms with Gasteiger partial charge in [0.05, 0.1) is 12.8 Å². The summed E-state index contributed by atoms with van der Waals surface area (Å²) < 4.78 is 7.20. The molecule has 2 aromatic rings. The van der Waals surface area contributed by atoms with Crippen LogP contribution < -0.4 is 4.74 Å². The fourth-order valence-corrected chi connectivity index (χ4v) is 3.61. The molecule has 150 valence electrons. The van der Waals surface area contributed by atoms with E-state index in [2.05, 4.69) is 28.2 Å². The van der Waals surface area contributed by atoms with Crippen LogP contribution in [0, 0.1) is 6.92 Å². The van der Waals surface area contributed by atoms with E-state index in [0.717, 1.165) is 56.2 Å². The van der Waals surface area contributed by atoms with E-state index in [9.17, 15) is 4.79 Å². The molecule has 0 aliphatic carbocycles. The van der Waals surface area contributed by atoms with Crippen molar-refractivity contribution in [3.63, 3.8) is 0 Å². The van der Waals surface area contributed by atoms with Crippen molar-refractivity contribution in [3.05, 3.63) is 53.4 Å². The number of aromatic nitrogens is 2. The van der Waals surface area contributed by atoms with E-state index < -0.39 is 0 Å². The smallest absolute Gasteiger partial charge is 0.272 e. The molecule has 1 aliphatic rings. The van der Waals surface area contributed by atoms with Gasteiger partial charge < -0.3 is 9.64 Å². The van der Waals surface area contributed by atoms with Gasteiger partial charge in [0, 0.05) is 44.8 Å². The van der Waals surface area contributed by atoms with Gasteiger partial charge in [-0.2, -0.15) is 5.10 Å². The second-order valence-corrected chi connectivity index (χ2v) is 7.08. The van der Waals surface area contributed by atoms with Crippen molar-refractivity contribution in [2.45, 2.75) is 26.8 Å². The van der Waals surface area contributed by atoms with E-state index in [1.165, 1.54) is 0 Å². The zero-order valence-electron chi connectivity index (χ0n) is 17.1. The Labute approximate surface area is 167 Å². The van der Waals surface area contributed by atoms with Crippen LogP contribution in [0.5, 0.6) is 5.75 Å². The lowest BCUT2D eigenvalue weighted by Crippen LogP contribution is -2.36. The van der Waals surface area contributed by atoms with E-state index in [0.29, 0.717) is 12.2 Å². The molecule has 2 heterocycles. The summed E-state index contributed by atoms with van der Waals surface area (Å²) in [5.41, 5.74) is 2.67. The maximum atomic E-state index is 12.9. The van der Waals surface area contributed by atoms with Crippen LogP contribution in [0.15, 0.2) is 36.4 Å². The third-order valence-electron chi connectivity index (χ3n) is 5.10. The lowest BCUT2D eigenvalue weighted by Gasteiger charge is -2.21. The average molecular weight is 383 g/mol. The molecule has 3 rings (SSSR count). The van der Waals surface area contributed by atoms with Crippen LogP contribution in [0.25, 0.3) is 6.08 Å². The Morgan fingerprint density at radius 1 is 1.21 bits per heavy atom. The number of ether oxygens (including phenoxy) is 1. The summed E-state index contributed by atoms with van der Waals surface area (Å²) in [6, 6.07) is 9.90. The second kappa shape index (κ2) is 9.55. The monoisotopic (exact) mass is 382 g/mol. The molecule has 6 nitrogen and oxygen atoms in total. The molecule has 1 aromatic carbocycles. The molecule has 1 saturated heterocycles. The first-order valence-electron chi connectivity index (χ1n) is 9.98. The molecular formula is C22H30N4O2. The van der Waals surface area contributed by atoms with Crippen LogP contribution in [-0.2, 0) is 6.54 Å². The lowest BCUT2D eigenvalue weighted by molar-refractivity contribution is 0.0749. The number of para-hydroxylation sites is 1. The van der Waals surface area contributed by atoms with Gasteiger partial charge in [0.15, 0.2) is 0 Å². The summed E-state index contributed by atoms with van der Waals surface area (Å²) >= 11 is 0. The highest BCUT2D eigenvalue weighted by molar-refractivity contribution is 5.92. The van der Waals surface area contributed by atoms with Crippen LogP contribution in [0.1, 0.15) is 35.1 Å². The minimum absolute atomic E-state index is 0.0915. The van der Waals surface area contributed by atoms with Gasteiger partial charge >= 0.3 is 0 Å². The van der Waals surface area contributed by atoms with Crippen LogP contribution >= 0.6 is 0 Å². The Bertz CT molecular complexity index is 828. The summed E-state index contributed by atoms with van der Waals surface area (Å²) in [6.07, 6.45) is 5.26. The SMILES string of the molecule is CCn1nc(C)cc1C(=O)N1CCCN(C/C=C/c2ccccc2OC)CC1. The first-order chi connectivity index (χ1) is 13.6. The number of aryl methyl sites for hydroxylation is 2. The molecule has 0 N–H and O–H groups in total. The van der Waals surface area contributed by atoms with Crippen LogP contribution in [0.2, 0.25) is 0 Å². The molecule has 1 amide bonds. The number of benzene rings is 1. The van der Waals surface area contributed by atoms with Gasteiger partial charge in [0.1, 0.15) is 11.4 Å². The number of carbonyl (C=O) groups is 1. The minimum atomic E-state index is 0.0915. The van der Waals surface area contributed by atoms with E-state index in [1.54, 1.807) is 11.8 Å². The zero-order chi connectivity index (χ0) is 19.9. The van der Waals surface area contributed by atoms with E-state index in [1.807, 2.05) is 43.0 Å². The third-order valence-corrected chi connectivity index (χ3v) is 5.10. The Morgan fingerprint density at radius 3 is 2.82 bits per heavy atom. The molecule has 0 radical (unpaired) electrons. The molecule has 0 saturated carbocycles. The van der Waals surface area contributed by atoms with Crippen LogP contribution in [-0.4, -0.2) is 65.3 Å². The van der Waals surface area contributed by atoms with Gasteiger partial charge in [0.2, 0.25) is 0 Å². The summed E-state index contributed by atoms with van der Waals surface area (Å²) in [7, 11) is 1.69. The topological polar surface area (TPSA) is 50.6 Å². The van der Waals surface area contributed by atoms with Crippen molar-refractivity contribution >= 4 is 12.0 Å². The van der Waals surface area contributed by atoms with E-state index in [-0.39, 0.29) is 5.91 Å². The van der Waals surface area contributed by atoms with Crippen molar-refractivity contribution < 1.29 is 9.53 Å². The standard InChI is InChI=1S/C22H30N4O2/c1-4-26-20(17-18(2)23-26)22(27)25-14-8-13-24(15-16-25)12-7-10-19-9-5-6-11-21(19)28-3/h5-7,9-11,17H,4,8,12-16H2,1-3H3/b10-7+. The maximum Gasteiger partial charge on any atom is 0.272 e. The minimum Gasteiger partial charge on any atom is -0.496 e. The summed E-state index contributed by atoms with van der Waals surface area (Å²) in [5, 5.41) is 4.41. The molecule has 1 aliphatic heterocycles. The van der Waals surface area contributed by atoms with E-state index >= 15 is 0 Å². The van der Waals surface area contributed by atoms with Gasteiger partial charge in [0.25, 0.3) is 5.91 Å². The predicted octanol–water partition coefficient (Wildman–Crippen LogP) is 3.08. The molecule has 0 unspecified atom stereocenters. The first-order valence-corrected chi connectivity index (χ1v) is 9.98. The summed E-state index contributed by atoms with van der Waals surface area (Å²) in [5.74, 6) is 0.975. The predicted molar refractivity (Wildman–Crippen MR) is 112 cm³/mol. The van der Waals surface area contributed by atoms with Gasteiger partial charge in [-0.05, 0) is 32.4 Å². The van der Waals surface area contributed by atoms with Gasteiger partial charge in [-0.25, -0.2) is 0 Å². The van der Waals surface area contributed by atoms with Crippen molar-refractivity contribution in [3.8, 4) is 5.75 Å². The number of methoxy groups -OCH3 is 1. The Balaban J connectivity index is 1.57. The molecule has 0 bridgehead atoms. The number of amides is 1. The average Bonchev–Trinajstić information content (AvgIpc) is 2.94. The number of carbonyl (C=O) groups excluding carboxylic acids is 1. The fraction of sp³-hybridized carbons (Fsp3) is 0.455. The summed E-state index contributed by atoms with van der Waals surface area (Å²) in [6.45, 7) is 8.93. The highest BCUT2D eigenvalue weighted by Crippen LogP contribution is 2.18. The second-order valence-electron chi connectivity index (χ2n) is 7.08. The Hall–Kier alpha value is -2.60. The Morgan fingerprint density at radius 2 is 2.04 bits per heavy atom. The number of hydrogen-bond acceptors (Lipinski definition) is 4. The molecule has 28 heavy (non-hydrogen) atoms. The highest BCUT2D eigenvalue weighted by Gasteiger charge is 2.22. The van der Waals surface area contributed by atoms with Crippen LogP contribution in [0.4, 0.5) is 0 Å². The molecule has 0 atom stereocenters. The number of hydrogen-bond donors (Lipinski definition) is 0. The zero-order valence-corrected chi connectivity index (χ0v) is 17.1. The first kappa shape index (κ1) is 20.1. The van der Waals surface area contributed by atoms with Gasteiger partial charge in [-0.15, -0.1) is 0 Å². The number of nitrogens with zero attached hydrogens (tertiary/aromatic N) is 4. The van der Waals surface area contributed by atoms with Gasteiger partial charge in [-0.3, -0.25) is 14.4 Å². The van der Waals surface area contributed by atoms with Crippen LogP contribution in [0.3, 0.4) is 0 Å². The number of rotatable bonds is 6. The normalized spacial score (nSPS) is 15.8. The Kier molecular flexibility index (Phi) is 6.87. The third kappa shape index (κ3) is 4.81. The molecule has 0 spiro atoms. The highest BCUT2D eigenvalue weighted by atomic mass is 16.5. The largest absolute Gasteiger partial charge is 0.496 e. The fourth-order valence-electron chi connectivity index (χ4n) is 3.61. The molecule has 6 heteroatoms. The quantitative estimate of drug-likeness (QED) is 0.770. The molecule has 1 fully saturated rings. The van der Waals surface area contributed by atoms with Crippen molar-refractivity contribution in [2.75, 3.05) is 39.8 Å². The molecular weight excluding hydrogens is 352 g/mol. The van der Waals surface area contributed by atoms with E-state index in [4.69, 9.17) is 4.74 Å². The van der Waals surface area contributed by atoms with Gasteiger partial charge in [-0.1, -0.05) is 30.4 Å². The summed E-state index contributed by atoms with van der Waals surface area (Å²) in [4.78, 5) is 17.3.